The van der Waals surface area contributed by atoms with Gasteiger partial charge in [-0.25, -0.2) is 0 Å². The predicted octanol–water partition coefficient (Wildman–Crippen LogP) is 13.1. The third-order valence-electron chi connectivity index (χ3n) is 26.0. The topological polar surface area (TPSA) is 433 Å². The fourth-order valence-corrected chi connectivity index (χ4v) is 18.7. The van der Waals surface area contributed by atoms with Gasteiger partial charge in [0, 0.05) is 39.4 Å². The monoisotopic (exact) mass is 1830 g/mol. The van der Waals surface area contributed by atoms with Crippen molar-refractivity contribution in [2.45, 2.75) is 160 Å². The Morgan fingerprint density at radius 1 is 0.358 bits per heavy atom. The second kappa shape index (κ2) is 41.2. The van der Waals surface area contributed by atoms with E-state index in [0.717, 1.165) is 58.3 Å². The van der Waals surface area contributed by atoms with Crippen LogP contribution in [0.1, 0.15) is 182 Å². The second-order valence-electron chi connectivity index (χ2n) is 35.9. The molecule has 27 nitrogen and oxygen atoms in total. The molecule has 3 spiro atoms. The van der Waals surface area contributed by atoms with Crippen LogP contribution in [0.25, 0.3) is 51.0 Å². The Morgan fingerprint density at radius 3 is 1.07 bits per heavy atom. The van der Waals surface area contributed by atoms with Crippen LogP contribution in [0.5, 0.6) is 0 Å². The number of nitrogens with zero attached hydrogens (tertiary/aromatic N) is 1. The summed E-state index contributed by atoms with van der Waals surface area (Å²) in [6.07, 6.45) is 5.36. The third kappa shape index (κ3) is 20.2. The highest BCUT2D eigenvalue weighted by Gasteiger charge is 2.55. The zero-order valence-electron chi connectivity index (χ0n) is 76.3. The number of fused-ring (bicyclic) bond motifs is 8. The molecule has 8 aromatic rings. The molecule has 1 atom stereocenters. The van der Waals surface area contributed by atoms with E-state index in [1.807, 2.05) is 133 Å². The molecule has 134 heavy (non-hydrogen) atoms. The molecule has 16 rings (SSSR count). The summed E-state index contributed by atoms with van der Waals surface area (Å²) >= 11 is 5.96. The van der Waals surface area contributed by atoms with Gasteiger partial charge in [-0.05, 0) is 214 Å². The molecule has 3 fully saturated rings. The largest absolute Gasteiger partial charge is 0.506 e. The van der Waals surface area contributed by atoms with Gasteiger partial charge in [-0.1, -0.05) is 194 Å². The number of rotatable bonds is 19. The summed E-state index contributed by atoms with van der Waals surface area (Å²) in [5.41, 5.74) is 5.17. The number of piperidine rings is 2. The van der Waals surface area contributed by atoms with Crippen molar-refractivity contribution in [1.82, 2.24) is 36.8 Å². The number of likely N-dealkylation sites (tertiary alicyclic amines) is 1. The summed E-state index contributed by atoms with van der Waals surface area (Å²) in [5.74, 6) is -8.45. The average Bonchev–Trinajstić information content (AvgIpc) is 1.34. The number of benzene rings is 8. The van der Waals surface area contributed by atoms with Gasteiger partial charge in [0.25, 0.3) is 29.5 Å². The number of aliphatic hydroxyl groups is 5. The van der Waals surface area contributed by atoms with Crippen molar-refractivity contribution in [1.29, 1.82) is 0 Å². The van der Waals surface area contributed by atoms with Crippen LogP contribution in [0.15, 0.2) is 222 Å². The van der Waals surface area contributed by atoms with Gasteiger partial charge in [-0.15, -0.1) is 0 Å². The highest BCUT2D eigenvalue weighted by molar-refractivity contribution is 6.34. The van der Waals surface area contributed by atoms with E-state index in [1.54, 1.807) is 70.2 Å². The molecule has 6 aliphatic carbocycles. The minimum absolute atomic E-state index is 0.168. The molecule has 0 bridgehead atoms. The molecule has 2 saturated heterocycles. The number of Topliss-reactive ketones (excluding diaryl/α,β-unsaturated/α-hetero) is 10. The molecular formula is C106H108ClN7O20. The first-order valence-corrected chi connectivity index (χ1v) is 44.7. The minimum atomic E-state index is -0.988. The zero-order valence-corrected chi connectivity index (χ0v) is 77.0. The molecular weight excluding hydrogens is 1730 g/mol. The lowest BCUT2D eigenvalue weighted by atomic mass is 9.63. The molecule has 8 aromatic carbocycles. The first-order chi connectivity index (χ1) is 63.6. The van der Waals surface area contributed by atoms with E-state index in [1.165, 1.54) is 53.2 Å². The van der Waals surface area contributed by atoms with Crippen molar-refractivity contribution in [3.63, 3.8) is 0 Å². The van der Waals surface area contributed by atoms with Gasteiger partial charge >= 0.3 is 0 Å². The fourth-order valence-electron chi connectivity index (χ4n) is 18.6. The maximum Gasteiger partial charge on any atom is 0.259 e. The summed E-state index contributed by atoms with van der Waals surface area (Å²) in [4.78, 5) is 187. The average molecular weight is 1840 g/mol. The summed E-state index contributed by atoms with van der Waals surface area (Å²) in [6, 6.07) is 59.3. The number of amides is 5. The van der Waals surface area contributed by atoms with Crippen LogP contribution in [-0.2, 0) is 106 Å². The summed E-state index contributed by atoms with van der Waals surface area (Å²) in [5, 5.41) is 69.3. The molecule has 0 unspecified atom stereocenters. The van der Waals surface area contributed by atoms with Gasteiger partial charge in [0.15, 0.2) is 34.7 Å². The normalized spacial score (nSPS) is 17.4. The zero-order chi connectivity index (χ0) is 97.2. The fraction of sp³-hybridized carbons (Fsp3) is 0.311. The maximum atomic E-state index is 13.6. The molecule has 1 saturated carbocycles. The van der Waals surface area contributed by atoms with Gasteiger partial charge in [0.2, 0.25) is 0 Å². The summed E-state index contributed by atoms with van der Waals surface area (Å²) in [6.45, 7) is 17.9. The van der Waals surface area contributed by atoms with Crippen molar-refractivity contribution in [2.24, 2.45) is 0 Å². The highest BCUT2D eigenvalue weighted by atomic mass is 35.5. The van der Waals surface area contributed by atoms with E-state index in [9.17, 15) is 97.5 Å². The minimum Gasteiger partial charge on any atom is -0.506 e. The van der Waals surface area contributed by atoms with Crippen molar-refractivity contribution < 1.29 is 97.5 Å². The Bertz CT molecular complexity index is 6290. The Hall–Kier alpha value is -14.3. The van der Waals surface area contributed by atoms with Crippen LogP contribution in [0.3, 0.4) is 0 Å². The summed E-state index contributed by atoms with van der Waals surface area (Å²) < 4.78 is 0. The van der Waals surface area contributed by atoms with Gasteiger partial charge in [-0.3, -0.25) is 76.8 Å². The summed E-state index contributed by atoms with van der Waals surface area (Å²) in [7, 11) is 0. The van der Waals surface area contributed by atoms with E-state index >= 15 is 0 Å². The number of nitrogens with one attached hydrogen (secondary N) is 6. The molecule has 0 aromatic heterocycles. The number of halogens is 1. The van der Waals surface area contributed by atoms with Crippen LogP contribution in [0.4, 0.5) is 0 Å². The van der Waals surface area contributed by atoms with Gasteiger partial charge in [-0.2, -0.15) is 0 Å². The number of carbonyl (C=O) groups excluding carboxylic acids is 15. The lowest BCUT2D eigenvalue weighted by molar-refractivity contribution is -0.129. The van der Waals surface area contributed by atoms with Gasteiger partial charge in [0.05, 0.1) is 59.3 Å². The molecule has 11 N–H and O–H groups in total. The Morgan fingerprint density at radius 2 is 0.672 bits per heavy atom. The van der Waals surface area contributed by atoms with Crippen LogP contribution in [0.2, 0.25) is 5.02 Å². The van der Waals surface area contributed by atoms with Crippen LogP contribution in [0, 0.1) is 0 Å². The standard InChI is InChI=1S/C25H26N2O4.C24H23NO4.C22H21NO4.C18H20N2O4.C17H18ClNO4/c1-17(28)15-26-24(31)21-22(29)19-9-5-6-10-20(19)25(23(21)30)11-13-27(14-12-25)16-18-7-3-2-4-8-18;1-15(26)14-25-23(29)20-21(27)18-13-17(16-7-3-2-4-8-16)9-10-19(18)24(22(20)28)11-5-6-12-24;1-13(24)12-23-21(27)18-19(25)16-11-15(14-7-5-4-6-8-14)9-10-17(16)22(2,3)20(18)26;1-11(21)10-20-17(24)14-15(22)12-4-2-3-5-13(12)18(16(14)23)6-8-19-9-7-18;1-8(9(2)20)19-16(23)13-14(21)11-7-10(18)5-6-12(11)17(3,4)15(13)22/h2-10,29H,11-16H2,1H3,(H,26,31);2-4,7-10,13,27H,5-6,11-12,14H2,1H3,(H,25,29);4-11,25H,12H2,1-3H3,(H,23,27);2-5,19,22H,6-10H2,1H3,(H,20,24);5-8,21H,1-4H3,(H,19,23)/t;;;;8-/m....0/s1. The van der Waals surface area contributed by atoms with Crippen molar-refractivity contribution in [3.8, 4) is 22.3 Å². The first kappa shape index (κ1) is 98.7. The van der Waals surface area contributed by atoms with Crippen molar-refractivity contribution in [3.05, 3.63) is 288 Å². The second-order valence-corrected chi connectivity index (χ2v) is 36.3. The number of hydrogen-bond donors (Lipinski definition) is 11. The van der Waals surface area contributed by atoms with Crippen LogP contribution in [-0.4, -0.2) is 176 Å². The van der Waals surface area contributed by atoms with Crippen LogP contribution < -0.4 is 31.9 Å². The van der Waals surface area contributed by atoms with E-state index in [0.29, 0.717) is 109 Å². The number of hydrogen-bond acceptors (Lipinski definition) is 22. The smallest absolute Gasteiger partial charge is 0.259 e. The Kier molecular flexibility index (Phi) is 30.4. The molecule has 2 heterocycles. The molecule has 0 radical (unpaired) electrons. The first-order valence-electron chi connectivity index (χ1n) is 44.3. The predicted molar refractivity (Wildman–Crippen MR) is 507 cm³/mol. The van der Waals surface area contributed by atoms with E-state index in [-0.39, 0.29) is 123 Å². The third-order valence-corrected chi connectivity index (χ3v) is 26.2. The maximum absolute atomic E-state index is 13.6. The number of aliphatic hydroxyl groups excluding tert-OH is 5. The van der Waals surface area contributed by atoms with E-state index < -0.39 is 80.0 Å². The van der Waals surface area contributed by atoms with Gasteiger partial charge in [0.1, 0.15) is 79.8 Å². The lowest BCUT2D eigenvalue weighted by Crippen LogP contribution is -2.51. The molecule has 28 heteroatoms. The molecule has 5 amide bonds. The highest BCUT2D eigenvalue weighted by Crippen LogP contribution is 2.52. The van der Waals surface area contributed by atoms with Gasteiger partial charge < -0.3 is 57.4 Å². The molecule has 2 aliphatic heterocycles. The number of ketones is 10. The van der Waals surface area contributed by atoms with Crippen LogP contribution >= 0.6 is 11.6 Å². The quantitative estimate of drug-likeness (QED) is 0.0335. The van der Waals surface area contributed by atoms with Crippen molar-refractivity contribution >= 4 is 128 Å². The Balaban J connectivity index is 0.000000152. The molecule has 694 valence electrons. The SMILES string of the molecule is CC(=O)CNC(=O)C1=C(O)c2cc(-c3ccccc3)ccc2C(C)(C)C1=O.CC(=O)CNC(=O)C1=C(O)c2cc(-c3ccccc3)ccc2C2(CCCC2)C1=O.CC(=O)CNC(=O)C1=C(O)c2ccccc2C2(CCN(Cc3ccccc3)CC2)C1=O.CC(=O)CNC(=O)C1=C(O)c2ccccc2C2(CCNCC2)C1=O.CC(=O)[C@H](C)NC(=O)C1=C(O)c2cc(Cl)ccc2C(C)(C)C1=O. The number of carbonyl (C=O) groups is 15. The van der Waals surface area contributed by atoms with Crippen molar-refractivity contribution in [2.75, 3.05) is 52.4 Å². The van der Waals surface area contributed by atoms with E-state index in [4.69, 9.17) is 11.6 Å². The molecule has 8 aliphatic rings. The van der Waals surface area contributed by atoms with E-state index in [2.05, 4.69) is 48.9 Å². The Labute approximate surface area is 780 Å². The lowest BCUT2D eigenvalue weighted by Gasteiger charge is -2.44.